The van der Waals surface area contributed by atoms with E-state index >= 15 is 0 Å². The van der Waals surface area contributed by atoms with Gasteiger partial charge in [0.25, 0.3) is 0 Å². The van der Waals surface area contributed by atoms with Gasteiger partial charge in [0.1, 0.15) is 0 Å². The Hall–Kier alpha value is -1.58. The van der Waals surface area contributed by atoms with E-state index in [0.717, 1.165) is 19.4 Å². The van der Waals surface area contributed by atoms with Gasteiger partial charge in [0.05, 0.1) is 0 Å². The smallest absolute Gasteiger partial charge is 0.223 e. The van der Waals surface area contributed by atoms with Crippen LogP contribution in [0.3, 0.4) is 0 Å². The van der Waals surface area contributed by atoms with E-state index in [-0.39, 0.29) is 23.7 Å². The second-order valence-electron chi connectivity index (χ2n) is 7.07. The highest BCUT2D eigenvalue weighted by atomic mass is 16.2. The van der Waals surface area contributed by atoms with Gasteiger partial charge in [0.2, 0.25) is 11.8 Å². The maximum atomic E-state index is 11.6. The van der Waals surface area contributed by atoms with Crippen LogP contribution >= 0.6 is 0 Å². The maximum absolute atomic E-state index is 11.6. The van der Waals surface area contributed by atoms with Crippen molar-refractivity contribution in [1.29, 1.82) is 0 Å². The summed E-state index contributed by atoms with van der Waals surface area (Å²) in [5, 5.41) is 5.82. The highest BCUT2D eigenvalue weighted by Gasteiger charge is 2.26. The Kier molecular flexibility index (Phi) is 12.0. The van der Waals surface area contributed by atoms with E-state index < -0.39 is 0 Å². The molecule has 4 nitrogen and oxygen atoms in total. The molecule has 1 heterocycles. The van der Waals surface area contributed by atoms with Crippen LogP contribution in [0.25, 0.3) is 0 Å². The van der Waals surface area contributed by atoms with E-state index in [1.165, 1.54) is 5.57 Å². The normalized spacial score (nSPS) is 18.0. The molecule has 2 unspecified atom stereocenters. The fourth-order valence-corrected chi connectivity index (χ4v) is 2.43. The third-order valence-electron chi connectivity index (χ3n) is 3.95. The summed E-state index contributed by atoms with van der Waals surface area (Å²) in [6.45, 7) is 13.6. The molecule has 2 atom stereocenters. The van der Waals surface area contributed by atoms with Crippen molar-refractivity contribution >= 4 is 11.8 Å². The van der Waals surface area contributed by atoms with Gasteiger partial charge in [-0.25, -0.2) is 0 Å². The van der Waals surface area contributed by atoms with Crippen molar-refractivity contribution in [2.75, 3.05) is 13.1 Å². The van der Waals surface area contributed by atoms with Gasteiger partial charge < -0.3 is 10.6 Å². The molecule has 138 valence electrons. The lowest BCUT2D eigenvalue weighted by molar-refractivity contribution is -0.122. The van der Waals surface area contributed by atoms with Gasteiger partial charge in [-0.2, -0.15) is 0 Å². The zero-order chi connectivity index (χ0) is 18.5. The second kappa shape index (κ2) is 12.8. The Morgan fingerprint density at radius 3 is 2.38 bits per heavy atom. The largest absolute Gasteiger partial charge is 0.356 e. The number of nitrogens with one attached hydrogen (secondary N) is 2. The Balaban J connectivity index is 0.000000922. The number of amides is 2. The van der Waals surface area contributed by atoms with Gasteiger partial charge >= 0.3 is 0 Å². The zero-order valence-electron chi connectivity index (χ0n) is 16.3. The van der Waals surface area contributed by atoms with Crippen molar-refractivity contribution in [3.05, 3.63) is 23.8 Å². The van der Waals surface area contributed by atoms with Crippen LogP contribution < -0.4 is 10.6 Å². The quantitative estimate of drug-likeness (QED) is 0.694. The first-order valence-corrected chi connectivity index (χ1v) is 9.06. The van der Waals surface area contributed by atoms with Crippen LogP contribution in [0.4, 0.5) is 0 Å². The van der Waals surface area contributed by atoms with Crippen LogP contribution in [-0.2, 0) is 9.59 Å². The van der Waals surface area contributed by atoms with Crippen molar-refractivity contribution in [2.24, 2.45) is 17.8 Å². The van der Waals surface area contributed by atoms with Crippen LogP contribution in [0.2, 0.25) is 0 Å². The topological polar surface area (TPSA) is 58.2 Å². The van der Waals surface area contributed by atoms with E-state index in [4.69, 9.17) is 0 Å². The van der Waals surface area contributed by atoms with Gasteiger partial charge in [-0.15, -0.1) is 0 Å². The Bertz CT molecular complexity index is 435. The Morgan fingerprint density at radius 1 is 1.33 bits per heavy atom. The van der Waals surface area contributed by atoms with Crippen molar-refractivity contribution in [3.63, 3.8) is 0 Å². The number of hydrogen-bond acceptors (Lipinski definition) is 2. The third-order valence-corrected chi connectivity index (χ3v) is 3.95. The summed E-state index contributed by atoms with van der Waals surface area (Å²) in [4.78, 5) is 23.2. The Morgan fingerprint density at radius 2 is 1.96 bits per heavy atom. The minimum absolute atomic E-state index is 0.0976. The lowest BCUT2D eigenvalue weighted by Crippen LogP contribution is -2.31. The summed E-state index contributed by atoms with van der Waals surface area (Å²) < 4.78 is 0. The number of carbonyl (C=O) groups excluding carboxylic acids is 2. The second-order valence-corrected chi connectivity index (χ2v) is 7.07. The molecule has 2 amide bonds. The van der Waals surface area contributed by atoms with Crippen molar-refractivity contribution in [1.82, 2.24) is 10.6 Å². The molecule has 1 rings (SSSR count). The first-order chi connectivity index (χ1) is 11.3. The first-order valence-electron chi connectivity index (χ1n) is 9.06. The molecule has 0 bridgehead atoms. The van der Waals surface area contributed by atoms with Gasteiger partial charge in [-0.3, -0.25) is 9.59 Å². The molecule has 0 aromatic rings. The minimum Gasteiger partial charge on any atom is -0.356 e. The van der Waals surface area contributed by atoms with E-state index in [1.807, 2.05) is 33.8 Å². The third kappa shape index (κ3) is 11.0. The number of hydrogen-bond donors (Lipinski definition) is 2. The molecule has 0 radical (unpaired) electrons. The lowest BCUT2D eigenvalue weighted by Gasteiger charge is -2.17. The SMILES string of the molecule is C/C=C/C(CNC(=O)CC(C)C)CC1CCNC1=O.CC=C(C)C. The van der Waals surface area contributed by atoms with Crippen molar-refractivity contribution < 1.29 is 9.59 Å². The minimum atomic E-state index is 0.0976. The molecule has 0 aromatic carbocycles. The summed E-state index contributed by atoms with van der Waals surface area (Å²) in [7, 11) is 0. The number of rotatable bonds is 7. The van der Waals surface area contributed by atoms with Crippen LogP contribution in [0.5, 0.6) is 0 Å². The van der Waals surface area contributed by atoms with Crippen LogP contribution in [0.1, 0.15) is 60.8 Å². The van der Waals surface area contributed by atoms with E-state index in [1.54, 1.807) is 0 Å². The highest BCUT2D eigenvalue weighted by Crippen LogP contribution is 2.20. The molecular formula is C20H36N2O2. The predicted octanol–water partition coefficient (Wildman–Crippen LogP) is 3.84. The fourth-order valence-electron chi connectivity index (χ4n) is 2.43. The molecular weight excluding hydrogens is 300 g/mol. The molecule has 1 aliphatic heterocycles. The summed E-state index contributed by atoms with van der Waals surface area (Å²) in [6, 6.07) is 0. The average molecular weight is 337 g/mol. The van der Waals surface area contributed by atoms with E-state index in [9.17, 15) is 9.59 Å². The van der Waals surface area contributed by atoms with Gasteiger partial charge in [-0.05, 0) is 52.4 Å². The molecule has 4 heteroatoms. The summed E-state index contributed by atoms with van der Waals surface area (Å²) in [5.41, 5.74) is 1.38. The monoisotopic (exact) mass is 336 g/mol. The highest BCUT2D eigenvalue weighted by molar-refractivity contribution is 5.80. The molecule has 24 heavy (non-hydrogen) atoms. The maximum Gasteiger partial charge on any atom is 0.223 e. The molecule has 1 aliphatic rings. The first kappa shape index (κ1) is 22.4. The molecule has 0 aliphatic carbocycles. The van der Waals surface area contributed by atoms with Crippen LogP contribution in [0, 0.1) is 17.8 Å². The number of allylic oxidation sites excluding steroid dienone is 3. The standard InChI is InChI=1S/C15H26N2O2.C5H10/c1-4-5-12(9-13-6-7-16-15(13)19)10-17-14(18)8-11(2)3;1-4-5(2)3/h4-5,11-13H,6-10H2,1-3H3,(H,16,19)(H,17,18);4H,1-3H3/b5-4+;. The molecule has 1 fully saturated rings. The number of carbonyl (C=O) groups is 2. The Labute approximate surface area is 148 Å². The average Bonchev–Trinajstić information content (AvgIpc) is 2.90. The fraction of sp³-hybridized carbons (Fsp3) is 0.700. The zero-order valence-corrected chi connectivity index (χ0v) is 16.3. The summed E-state index contributed by atoms with van der Waals surface area (Å²) >= 11 is 0. The van der Waals surface area contributed by atoms with E-state index in [2.05, 4.69) is 36.6 Å². The van der Waals surface area contributed by atoms with Gasteiger partial charge in [-0.1, -0.05) is 37.6 Å². The predicted molar refractivity (Wildman–Crippen MR) is 102 cm³/mol. The molecule has 0 spiro atoms. The van der Waals surface area contributed by atoms with E-state index in [0.29, 0.717) is 18.9 Å². The molecule has 1 saturated heterocycles. The summed E-state index contributed by atoms with van der Waals surface area (Å²) in [5.74, 6) is 0.974. The molecule has 0 aromatic heterocycles. The van der Waals surface area contributed by atoms with Crippen molar-refractivity contribution in [3.8, 4) is 0 Å². The van der Waals surface area contributed by atoms with Crippen LogP contribution in [-0.4, -0.2) is 24.9 Å². The van der Waals surface area contributed by atoms with Crippen LogP contribution in [0.15, 0.2) is 23.8 Å². The van der Waals surface area contributed by atoms with Gasteiger partial charge in [0, 0.05) is 25.4 Å². The lowest BCUT2D eigenvalue weighted by atomic mass is 9.92. The molecule has 2 N–H and O–H groups in total. The molecule has 0 saturated carbocycles. The summed E-state index contributed by atoms with van der Waals surface area (Å²) in [6.07, 6.45) is 8.45. The van der Waals surface area contributed by atoms with Crippen molar-refractivity contribution in [2.45, 2.75) is 60.8 Å². The van der Waals surface area contributed by atoms with Gasteiger partial charge in [0.15, 0.2) is 0 Å².